The van der Waals surface area contributed by atoms with Gasteiger partial charge in [-0.25, -0.2) is 13.1 Å². The van der Waals surface area contributed by atoms with E-state index in [0.29, 0.717) is 0 Å². The van der Waals surface area contributed by atoms with Gasteiger partial charge in [0, 0.05) is 25.1 Å². The normalized spacial score (nSPS) is 18.6. The van der Waals surface area contributed by atoms with E-state index in [1.807, 2.05) is 30.1 Å². The van der Waals surface area contributed by atoms with Gasteiger partial charge in [-0.1, -0.05) is 30.3 Å². The SMILES string of the molecule is CN(CCc1ccccc1)c1cnn([C@H]2C=CS(=O)(=O)C2)c(=O)c1. The van der Waals surface area contributed by atoms with Gasteiger partial charge in [-0.05, 0) is 18.1 Å². The molecule has 0 bridgehead atoms. The smallest absolute Gasteiger partial charge is 0.269 e. The van der Waals surface area contributed by atoms with Crippen molar-refractivity contribution >= 4 is 15.5 Å². The topological polar surface area (TPSA) is 72.3 Å². The summed E-state index contributed by atoms with van der Waals surface area (Å²) in [6.45, 7) is 0.757. The highest BCUT2D eigenvalue weighted by Crippen LogP contribution is 2.18. The molecule has 0 radical (unpaired) electrons. The lowest BCUT2D eigenvalue weighted by Crippen LogP contribution is -2.30. The molecule has 0 aliphatic carbocycles. The number of rotatable bonds is 5. The third kappa shape index (κ3) is 3.73. The highest BCUT2D eigenvalue weighted by atomic mass is 32.2. The lowest BCUT2D eigenvalue weighted by molar-refractivity contribution is 0.541. The van der Waals surface area contributed by atoms with Crippen LogP contribution in [0.4, 0.5) is 5.69 Å². The third-order valence-corrected chi connectivity index (χ3v) is 5.43. The average Bonchev–Trinajstić information content (AvgIpc) is 2.93. The maximum Gasteiger partial charge on any atom is 0.269 e. The summed E-state index contributed by atoms with van der Waals surface area (Å²) in [7, 11) is -1.31. The van der Waals surface area contributed by atoms with E-state index in [1.54, 1.807) is 6.20 Å². The van der Waals surface area contributed by atoms with Crippen LogP contribution in [0.25, 0.3) is 0 Å². The monoisotopic (exact) mass is 345 g/mol. The summed E-state index contributed by atoms with van der Waals surface area (Å²) in [5.74, 6) is -0.108. The van der Waals surface area contributed by atoms with Gasteiger partial charge in [0.25, 0.3) is 5.56 Å². The first-order valence-electron chi connectivity index (χ1n) is 7.69. The van der Waals surface area contributed by atoms with Crippen molar-refractivity contribution in [3.63, 3.8) is 0 Å². The van der Waals surface area contributed by atoms with E-state index in [4.69, 9.17) is 0 Å². The predicted octanol–water partition coefficient (Wildman–Crippen LogP) is 1.41. The van der Waals surface area contributed by atoms with Crippen LogP contribution in [0.2, 0.25) is 0 Å². The van der Waals surface area contributed by atoms with Crippen LogP contribution < -0.4 is 10.5 Å². The molecule has 1 aliphatic rings. The van der Waals surface area contributed by atoms with Crippen LogP contribution in [0.5, 0.6) is 0 Å². The van der Waals surface area contributed by atoms with Crippen LogP contribution in [-0.2, 0) is 16.3 Å². The number of hydrogen-bond acceptors (Lipinski definition) is 5. The number of benzene rings is 1. The molecule has 0 N–H and O–H groups in total. The van der Waals surface area contributed by atoms with Gasteiger partial charge in [-0.2, -0.15) is 5.10 Å². The molecule has 7 heteroatoms. The Morgan fingerprint density at radius 1 is 1.29 bits per heavy atom. The van der Waals surface area contributed by atoms with Crippen LogP contribution in [0, 0.1) is 0 Å². The molecule has 126 valence electrons. The highest BCUT2D eigenvalue weighted by molar-refractivity contribution is 7.94. The van der Waals surface area contributed by atoms with Crippen molar-refractivity contribution in [2.24, 2.45) is 0 Å². The van der Waals surface area contributed by atoms with E-state index >= 15 is 0 Å². The summed E-state index contributed by atoms with van der Waals surface area (Å²) in [4.78, 5) is 14.2. The molecular formula is C17H19N3O3S. The molecule has 1 aromatic heterocycles. The molecule has 2 aromatic rings. The number of allylic oxidation sites excluding steroid dienone is 1. The Balaban J connectivity index is 1.70. The highest BCUT2D eigenvalue weighted by Gasteiger charge is 2.24. The van der Waals surface area contributed by atoms with Gasteiger partial charge in [0.2, 0.25) is 0 Å². The predicted molar refractivity (Wildman–Crippen MR) is 93.9 cm³/mol. The van der Waals surface area contributed by atoms with Crippen molar-refractivity contribution in [1.29, 1.82) is 0 Å². The molecule has 1 aliphatic heterocycles. The molecule has 0 amide bonds. The Kier molecular flexibility index (Phi) is 4.53. The van der Waals surface area contributed by atoms with Crippen molar-refractivity contribution in [1.82, 2.24) is 9.78 Å². The van der Waals surface area contributed by atoms with Crippen molar-refractivity contribution in [3.05, 3.63) is 70.0 Å². The zero-order valence-corrected chi connectivity index (χ0v) is 14.2. The van der Waals surface area contributed by atoms with E-state index in [-0.39, 0.29) is 11.3 Å². The van der Waals surface area contributed by atoms with Gasteiger partial charge in [-0.3, -0.25) is 4.79 Å². The Hall–Kier alpha value is -2.41. The molecule has 3 rings (SSSR count). The van der Waals surface area contributed by atoms with Crippen LogP contribution in [0.1, 0.15) is 11.6 Å². The average molecular weight is 345 g/mol. The lowest BCUT2D eigenvalue weighted by atomic mass is 10.1. The molecule has 0 saturated carbocycles. The molecule has 0 fully saturated rings. The molecule has 1 atom stereocenters. The Morgan fingerprint density at radius 3 is 2.67 bits per heavy atom. The molecule has 1 aromatic carbocycles. The van der Waals surface area contributed by atoms with Gasteiger partial charge in [0.05, 0.1) is 23.7 Å². The Labute approximate surface area is 141 Å². The molecule has 6 nitrogen and oxygen atoms in total. The number of aromatic nitrogens is 2. The number of anilines is 1. The van der Waals surface area contributed by atoms with Gasteiger partial charge in [-0.15, -0.1) is 0 Å². The van der Waals surface area contributed by atoms with E-state index in [1.165, 1.54) is 22.4 Å². The van der Waals surface area contributed by atoms with Crippen LogP contribution in [0.3, 0.4) is 0 Å². The van der Waals surface area contributed by atoms with Gasteiger partial charge >= 0.3 is 0 Å². The van der Waals surface area contributed by atoms with E-state index in [2.05, 4.69) is 17.2 Å². The first-order chi connectivity index (χ1) is 11.4. The molecule has 2 heterocycles. The maximum atomic E-state index is 12.3. The van der Waals surface area contributed by atoms with Gasteiger partial charge in [0.15, 0.2) is 9.84 Å². The van der Waals surface area contributed by atoms with E-state index in [9.17, 15) is 13.2 Å². The second kappa shape index (κ2) is 6.60. The summed E-state index contributed by atoms with van der Waals surface area (Å²) in [6, 6.07) is 11.1. The van der Waals surface area contributed by atoms with Crippen LogP contribution in [0.15, 0.2) is 58.9 Å². The minimum Gasteiger partial charge on any atom is -0.373 e. The third-order valence-electron chi connectivity index (χ3n) is 4.06. The summed E-state index contributed by atoms with van der Waals surface area (Å²) >= 11 is 0. The number of sulfone groups is 1. The summed E-state index contributed by atoms with van der Waals surface area (Å²) in [5, 5.41) is 5.29. The maximum absolute atomic E-state index is 12.3. The lowest BCUT2D eigenvalue weighted by Gasteiger charge is -2.19. The van der Waals surface area contributed by atoms with Crippen molar-refractivity contribution in [2.45, 2.75) is 12.5 Å². The number of likely N-dealkylation sites (N-methyl/N-ethyl adjacent to an activating group) is 1. The Morgan fingerprint density at radius 2 is 2.04 bits per heavy atom. The van der Waals surface area contributed by atoms with Gasteiger partial charge < -0.3 is 4.90 Å². The van der Waals surface area contributed by atoms with Crippen LogP contribution in [-0.4, -0.2) is 37.5 Å². The minimum atomic E-state index is -3.22. The fourth-order valence-electron chi connectivity index (χ4n) is 2.65. The fourth-order valence-corrected chi connectivity index (χ4v) is 3.91. The number of hydrogen-bond donors (Lipinski definition) is 0. The van der Waals surface area contributed by atoms with Crippen LogP contribution >= 0.6 is 0 Å². The van der Waals surface area contributed by atoms with Crippen molar-refractivity contribution in [3.8, 4) is 0 Å². The Bertz CT molecular complexity index is 904. The quantitative estimate of drug-likeness (QED) is 0.819. The largest absolute Gasteiger partial charge is 0.373 e. The summed E-state index contributed by atoms with van der Waals surface area (Å²) in [6.07, 6.45) is 3.97. The number of nitrogens with zero attached hydrogens (tertiary/aromatic N) is 3. The zero-order valence-electron chi connectivity index (χ0n) is 13.4. The van der Waals surface area contributed by atoms with E-state index in [0.717, 1.165) is 24.1 Å². The molecule has 0 saturated heterocycles. The fraction of sp³-hybridized carbons (Fsp3) is 0.294. The first-order valence-corrected chi connectivity index (χ1v) is 9.41. The zero-order chi connectivity index (χ0) is 17.2. The molecular weight excluding hydrogens is 326 g/mol. The summed E-state index contributed by atoms with van der Waals surface area (Å²) in [5.41, 5.74) is 1.65. The van der Waals surface area contributed by atoms with Crippen molar-refractivity contribution in [2.75, 3.05) is 24.2 Å². The second-order valence-corrected chi connectivity index (χ2v) is 7.81. The minimum absolute atomic E-state index is 0.108. The molecule has 24 heavy (non-hydrogen) atoms. The van der Waals surface area contributed by atoms with E-state index < -0.39 is 15.9 Å². The standard InChI is InChI=1S/C17H19N3O3S/c1-19(9-7-14-5-3-2-4-6-14)16-11-17(21)20(18-12-16)15-8-10-24(22,23)13-15/h2-6,8,10-12,15H,7,9,13H2,1H3/t15-/m0/s1. The second-order valence-electron chi connectivity index (χ2n) is 5.88. The summed E-state index contributed by atoms with van der Waals surface area (Å²) < 4.78 is 24.2. The first kappa shape index (κ1) is 16.4. The molecule has 0 unspecified atom stereocenters. The molecule has 0 spiro atoms. The van der Waals surface area contributed by atoms with Gasteiger partial charge in [0.1, 0.15) is 0 Å². The van der Waals surface area contributed by atoms with Crippen molar-refractivity contribution < 1.29 is 8.42 Å².